The molecule has 0 spiro atoms. The molecule has 1 N–H and O–H groups in total. The first kappa shape index (κ1) is 18.3. The number of amides is 1. The molecule has 136 valence electrons. The third kappa shape index (κ3) is 5.48. The molecule has 0 saturated heterocycles. The third-order valence-corrected chi connectivity index (χ3v) is 3.89. The van der Waals surface area contributed by atoms with Crippen molar-refractivity contribution in [1.82, 2.24) is 10.3 Å². The van der Waals surface area contributed by atoms with E-state index in [4.69, 9.17) is 9.47 Å². The van der Waals surface area contributed by atoms with Gasteiger partial charge >= 0.3 is 0 Å². The van der Waals surface area contributed by atoms with Gasteiger partial charge in [-0.25, -0.2) is 0 Å². The van der Waals surface area contributed by atoms with Crippen LogP contribution in [0.4, 0.5) is 0 Å². The van der Waals surface area contributed by atoms with Gasteiger partial charge in [0.05, 0.1) is 25.6 Å². The molecular weight excluding hydrogens is 340 g/mol. The predicted octanol–water partition coefficient (Wildman–Crippen LogP) is 2.98. The van der Waals surface area contributed by atoms with E-state index in [2.05, 4.69) is 22.1 Å². The van der Waals surface area contributed by atoms with E-state index in [1.54, 1.807) is 13.3 Å². The second kappa shape index (κ2) is 9.25. The number of nitrogens with zero attached hydrogens (tertiary/aromatic N) is 1. The number of methoxy groups -OCH3 is 1. The largest absolute Gasteiger partial charge is 0.497 e. The van der Waals surface area contributed by atoms with Crippen LogP contribution in [0.15, 0.2) is 60.8 Å². The summed E-state index contributed by atoms with van der Waals surface area (Å²) in [6.07, 6.45) is 2.04. The summed E-state index contributed by atoms with van der Waals surface area (Å²) in [6.45, 7) is 0.537. The molecule has 3 aromatic rings. The van der Waals surface area contributed by atoms with Crippen LogP contribution in [-0.2, 0) is 11.2 Å². The number of hydrogen-bond donors (Lipinski definition) is 1. The molecule has 3 rings (SSSR count). The second-order valence-electron chi connectivity index (χ2n) is 5.81. The third-order valence-electron chi connectivity index (χ3n) is 3.89. The van der Waals surface area contributed by atoms with E-state index in [-0.39, 0.29) is 19.1 Å². The van der Waals surface area contributed by atoms with Crippen LogP contribution < -0.4 is 14.8 Å². The van der Waals surface area contributed by atoms with E-state index in [1.807, 2.05) is 54.6 Å². The Morgan fingerprint density at radius 2 is 2.00 bits per heavy atom. The number of hydrogen-bond acceptors (Lipinski definition) is 4. The number of nitrogens with one attached hydrogen (secondary N) is 1. The van der Waals surface area contributed by atoms with Crippen molar-refractivity contribution in [2.75, 3.05) is 20.3 Å². The van der Waals surface area contributed by atoms with Crippen molar-refractivity contribution in [3.63, 3.8) is 0 Å². The zero-order valence-corrected chi connectivity index (χ0v) is 15.1. The quantitative estimate of drug-likeness (QED) is 0.687. The highest BCUT2D eigenvalue weighted by Gasteiger charge is 2.03. The SMILES string of the molecule is COc1cccc(CC(=O)NCC#CCOc2ccc3cccnc3c2)c1. The highest BCUT2D eigenvalue weighted by molar-refractivity contribution is 5.80. The van der Waals surface area contributed by atoms with Crippen molar-refractivity contribution in [1.29, 1.82) is 0 Å². The van der Waals surface area contributed by atoms with Crippen LogP contribution in [0.5, 0.6) is 11.5 Å². The summed E-state index contributed by atoms with van der Waals surface area (Å²) < 4.78 is 10.8. The lowest BCUT2D eigenvalue weighted by molar-refractivity contribution is -0.120. The Kier molecular flexibility index (Phi) is 6.26. The fraction of sp³-hybridized carbons (Fsp3) is 0.182. The molecule has 5 heteroatoms. The lowest BCUT2D eigenvalue weighted by atomic mass is 10.1. The van der Waals surface area contributed by atoms with Gasteiger partial charge in [-0.15, -0.1) is 0 Å². The Morgan fingerprint density at radius 1 is 1.07 bits per heavy atom. The predicted molar refractivity (Wildman–Crippen MR) is 105 cm³/mol. The number of rotatable bonds is 6. The van der Waals surface area contributed by atoms with E-state index in [0.717, 1.165) is 28.0 Å². The first-order valence-electron chi connectivity index (χ1n) is 8.57. The van der Waals surface area contributed by atoms with Crippen LogP contribution in [0.2, 0.25) is 0 Å². The lowest BCUT2D eigenvalue weighted by Gasteiger charge is -2.04. The van der Waals surface area contributed by atoms with E-state index in [9.17, 15) is 4.79 Å². The molecule has 0 atom stereocenters. The molecule has 27 heavy (non-hydrogen) atoms. The summed E-state index contributed by atoms with van der Waals surface area (Å²) in [5, 5.41) is 3.84. The molecule has 0 unspecified atom stereocenters. The van der Waals surface area contributed by atoms with Crippen LogP contribution in [0.3, 0.4) is 0 Å². The van der Waals surface area contributed by atoms with Gasteiger partial charge in [-0.3, -0.25) is 9.78 Å². The number of carbonyl (C=O) groups excluding carboxylic acids is 1. The monoisotopic (exact) mass is 360 g/mol. The normalized spacial score (nSPS) is 9.96. The van der Waals surface area contributed by atoms with Crippen LogP contribution in [0.1, 0.15) is 5.56 Å². The van der Waals surface area contributed by atoms with Crippen LogP contribution in [0.25, 0.3) is 10.9 Å². The Bertz CT molecular complexity index is 989. The maximum Gasteiger partial charge on any atom is 0.225 e. The Labute approximate surface area is 158 Å². The molecule has 0 radical (unpaired) electrons. The van der Waals surface area contributed by atoms with Gasteiger partial charge in [-0.05, 0) is 35.9 Å². The summed E-state index contributed by atoms with van der Waals surface area (Å²) in [6, 6.07) is 17.1. The average molecular weight is 360 g/mol. The second-order valence-corrected chi connectivity index (χ2v) is 5.81. The van der Waals surface area contributed by atoms with Gasteiger partial charge in [0.25, 0.3) is 0 Å². The van der Waals surface area contributed by atoms with Crippen molar-refractivity contribution >= 4 is 16.8 Å². The zero-order chi connectivity index (χ0) is 18.9. The fourth-order valence-electron chi connectivity index (χ4n) is 2.54. The van der Waals surface area contributed by atoms with Crippen molar-refractivity contribution in [2.45, 2.75) is 6.42 Å². The topological polar surface area (TPSA) is 60.5 Å². The minimum atomic E-state index is -0.0842. The van der Waals surface area contributed by atoms with Gasteiger partial charge in [0, 0.05) is 17.6 Å². The number of carbonyl (C=O) groups is 1. The molecule has 0 saturated carbocycles. The molecule has 1 heterocycles. The lowest BCUT2D eigenvalue weighted by Crippen LogP contribution is -2.25. The Hall–Kier alpha value is -3.52. The molecule has 1 amide bonds. The maximum absolute atomic E-state index is 11.9. The Morgan fingerprint density at radius 3 is 2.89 bits per heavy atom. The standard InChI is InChI=1S/C22H20N2O3/c1-26-19-8-4-6-17(14-19)15-22(25)24-11-2-3-13-27-20-10-9-18-7-5-12-23-21(18)16-20/h4-10,12,14,16H,11,13,15H2,1H3,(H,24,25). The maximum atomic E-state index is 11.9. The van der Waals surface area contributed by atoms with E-state index in [1.165, 1.54) is 0 Å². The van der Waals surface area contributed by atoms with Gasteiger partial charge in [-0.2, -0.15) is 0 Å². The molecule has 0 aliphatic carbocycles. The summed E-state index contributed by atoms with van der Waals surface area (Å²) >= 11 is 0. The first-order valence-corrected chi connectivity index (χ1v) is 8.57. The zero-order valence-electron chi connectivity index (χ0n) is 15.1. The summed E-state index contributed by atoms with van der Waals surface area (Å²) in [5.41, 5.74) is 1.78. The molecule has 5 nitrogen and oxygen atoms in total. The van der Waals surface area contributed by atoms with Crippen molar-refractivity contribution in [3.05, 3.63) is 66.4 Å². The number of benzene rings is 2. The van der Waals surface area contributed by atoms with Crippen molar-refractivity contribution in [3.8, 4) is 23.3 Å². The minimum absolute atomic E-state index is 0.0842. The number of aromatic nitrogens is 1. The van der Waals surface area contributed by atoms with Crippen molar-refractivity contribution < 1.29 is 14.3 Å². The number of ether oxygens (including phenoxy) is 2. The highest BCUT2D eigenvalue weighted by atomic mass is 16.5. The van der Waals surface area contributed by atoms with E-state index < -0.39 is 0 Å². The minimum Gasteiger partial charge on any atom is -0.497 e. The molecule has 1 aromatic heterocycles. The summed E-state index contributed by atoms with van der Waals surface area (Å²) in [5.74, 6) is 7.15. The van der Waals surface area contributed by atoms with Gasteiger partial charge in [0.15, 0.2) is 0 Å². The highest BCUT2D eigenvalue weighted by Crippen LogP contribution is 2.18. The Balaban J connectivity index is 1.41. The number of pyridine rings is 1. The molecule has 0 bridgehead atoms. The molecule has 2 aromatic carbocycles. The van der Waals surface area contributed by atoms with Crippen LogP contribution in [-0.4, -0.2) is 31.2 Å². The van der Waals surface area contributed by atoms with Gasteiger partial charge < -0.3 is 14.8 Å². The van der Waals surface area contributed by atoms with E-state index in [0.29, 0.717) is 6.42 Å². The van der Waals surface area contributed by atoms with Crippen molar-refractivity contribution in [2.24, 2.45) is 0 Å². The van der Waals surface area contributed by atoms with Gasteiger partial charge in [0.1, 0.15) is 18.1 Å². The van der Waals surface area contributed by atoms with Gasteiger partial charge in [-0.1, -0.05) is 30.0 Å². The van der Waals surface area contributed by atoms with Gasteiger partial charge in [0.2, 0.25) is 5.91 Å². The summed E-state index contributed by atoms with van der Waals surface area (Å²) in [4.78, 5) is 16.2. The van der Waals surface area contributed by atoms with Crippen LogP contribution >= 0.6 is 0 Å². The fourth-order valence-corrected chi connectivity index (χ4v) is 2.54. The molecule has 0 aliphatic rings. The molecular formula is C22H20N2O3. The molecule has 0 fully saturated rings. The van der Waals surface area contributed by atoms with Crippen LogP contribution in [0, 0.1) is 11.8 Å². The number of fused-ring (bicyclic) bond motifs is 1. The van der Waals surface area contributed by atoms with E-state index >= 15 is 0 Å². The summed E-state index contributed by atoms with van der Waals surface area (Å²) in [7, 11) is 1.60. The molecule has 0 aliphatic heterocycles. The first-order chi connectivity index (χ1) is 13.2. The average Bonchev–Trinajstić information content (AvgIpc) is 2.70. The smallest absolute Gasteiger partial charge is 0.225 e.